The number of nitrogens with zero attached hydrogens (tertiary/aromatic N) is 1. The Balaban J connectivity index is 1.84. The van der Waals surface area contributed by atoms with Gasteiger partial charge in [-0.05, 0) is 37.8 Å². The third kappa shape index (κ3) is 3.53. The molecular weight excluding hydrogens is 226 g/mol. The summed E-state index contributed by atoms with van der Waals surface area (Å²) in [6.07, 6.45) is 5.01. The lowest BCUT2D eigenvalue weighted by molar-refractivity contribution is -0.122. The molecule has 0 spiro atoms. The normalized spacial score (nSPS) is 16.3. The van der Waals surface area contributed by atoms with Crippen LogP contribution in [0.4, 0.5) is 0 Å². The Hall–Kier alpha value is -1.42. The molecule has 1 atom stereocenters. The molecule has 18 heavy (non-hydrogen) atoms. The second-order valence-electron chi connectivity index (χ2n) is 4.85. The van der Waals surface area contributed by atoms with E-state index >= 15 is 0 Å². The number of pyridine rings is 1. The van der Waals surface area contributed by atoms with Gasteiger partial charge in [-0.3, -0.25) is 9.78 Å². The Morgan fingerprint density at radius 2 is 2.33 bits per heavy atom. The van der Waals surface area contributed by atoms with Gasteiger partial charge in [-0.15, -0.1) is 0 Å². The molecule has 0 bridgehead atoms. The van der Waals surface area contributed by atoms with E-state index in [4.69, 9.17) is 0 Å². The molecule has 1 unspecified atom stereocenters. The molecule has 2 N–H and O–H groups in total. The minimum Gasteiger partial charge on any atom is -0.352 e. The Bertz CT molecular complexity index is 415. The Morgan fingerprint density at radius 3 is 3.00 bits per heavy atom. The van der Waals surface area contributed by atoms with Crippen LogP contribution in [0.25, 0.3) is 0 Å². The lowest BCUT2D eigenvalue weighted by Crippen LogP contribution is -2.42. The molecule has 1 aromatic rings. The molecule has 4 heteroatoms. The van der Waals surface area contributed by atoms with Crippen molar-refractivity contribution in [3.8, 4) is 0 Å². The van der Waals surface area contributed by atoms with Crippen LogP contribution in [0.5, 0.6) is 0 Å². The standard InChI is InChI=1S/C14H21N3O/c1-3-11-5-4-8-15-13(11)9-16-10(2)14(18)17-12-6-7-12/h4-5,8,10,12,16H,3,6-7,9H2,1-2H3,(H,17,18). The second-order valence-corrected chi connectivity index (χ2v) is 4.85. The number of carbonyl (C=O) groups is 1. The number of carbonyl (C=O) groups excluding carboxylic acids is 1. The molecule has 0 radical (unpaired) electrons. The van der Waals surface area contributed by atoms with E-state index in [0.29, 0.717) is 12.6 Å². The number of hydrogen-bond acceptors (Lipinski definition) is 3. The van der Waals surface area contributed by atoms with Gasteiger partial charge in [0.2, 0.25) is 5.91 Å². The molecule has 0 aliphatic heterocycles. The quantitative estimate of drug-likeness (QED) is 0.799. The zero-order chi connectivity index (χ0) is 13.0. The molecule has 1 heterocycles. The maximum Gasteiger partial charge on any atom is 0.237 e. The number of hydrogen-bond donors (Lipinski definition) is 2. The number of aromatic nitrogens is 1. The Kier molecular flexibility index (Phi) is 4.31. The van der Waals surface area contributed by atoms with E-state index in [2.05, 4.69) is 28.6 Å². The fourth-order valence-corrected chi connectivity index (χ4v) is 1.85. The van der Waals surface area contributed by atoms with Gasteiger partial charge in [0, 0.05) is 18.8 Å². The van der Waals surface area contributed by atoms with Crippen LogP contribution in [0, 0.1) is 0 Å². The average Bonchev–Trinajstić information content (AvgIpc) is 3.20. The lowest BCUT2D eigenvalue weighted by Gasteiger charge is -2.14. The summed E-state index contributed by atoms with van der Waals surface area (Å²) in [7, 11) is 0. The molecule has 1 fully saturated rings. The number of amides is 1. The molecule has 4 nitrogen and oxygen atoms in total. The van der Waals surface area contributed by atoms with E-state index in [1.54, 1.807) is 6.20 Å². The van der Waals surface area contributed by atoms with Crippen molar-refractivity contribution in [1.29, 1.82) is 0 Å². The van der Waals surface area contributed by atoms with Gasteiger partial charge in [-0.25, -0.2) is 0 Å². The van der Waals surface area contributed by atoms with Crippen LogP contribution in [-0.2, 0) is 17.8 Å². The summed E-state index contributed by atoms with van der Waals surface area (Å²) in [6.45, 7) is 4.65. The van der Waals surface area contributed by atoms with Crippen LogP contribution in [0.3, 0.4) is 0 Å². The zero-order valence-electron chi connectivity index (χ0n) is 11.1. The SMILES string of the molecule is CCc1cccnc1CNC(C)C(=O)NC1CC1. The molecule has 1 saturated carbocycles. The summed E-state index contributed by atoms with van der Waals surface area (Å²) in [6, 6.07) is 4.28. The molecule has 2 rings (SSSR count). The highest BCUT2D eigenvalue weighted by Gasteiger charge is 2.25. The largest absolute Gasteiger partial charge is 0.352 e. The van der Waals surface area contributed by atoms with Crippen molar-refractivity contribution in [1.82, 2.24) is 15.6 Å². The maximum absolute atomic E-state index is 11.8. The minimum absolute atomic E-state index is 0.0893. The topological polar surface area (TPSA) is 54.0 Å². The fourth-order valence-electron chi connectivity index (χ4n) is 1.85. The van der Waals surface area contributed by atoms with Crippen molar-refractivity contribution in [3.05, 3.63) is 29.6 Å². The van der Waals surface area contributed by atoms with Gasteiger partial charge < -0.3 is 10.6 Å². The van der Waals surface area contributed by atoms with Crippen LogP contribution in [-0.4, -0.2) is 23.0 Å². The van der Waals surface area contributed by atoms with Crippen molar-refractivity contribution in [2.24, 2.45) is 0 Å². The number of nitrogens with one attached hydrogen (secondary N) is 2. The molecule has 1 amide bonds. The fraction of sp³-hybridized carbons (Fsp3) is 0.571. The van der Waals surface area contributed by atoms with Crippen molar-refractivity contribution < 1.29 is 4.79 Å². The first kappa shape index (κ1) is 13.0. The summed E-state index contributed by atoms with van der Waals surface area (Å²) in [5.74, 6) is 0.0893. The first-order valence-corrected chi connectivity index (χ1v) is 6.67. The predicted octanol–water partition coefficient (Wildman–Crippen LogP) is 1.40. The first-order chi connectivity index (χ1) is 8.70. The van der Waals surface area contributed by atoms with E-state index in [-0.39, 0.29) is 11.9 Å². The first-order valence-electron chi connectivity index (χ1n) is 6.67. The number of aryl methyl sites for hydroxylation is 1. The highest BCUT2D eigenvalue weighted by molar-refractivity contribution is 5.81. The molecule has 98 valence electrons. The summed E-state index contributed by atoms with van der Waals surface area (Å²) in [4.78, 5) is 16.1. The summed E-state index contributed by atoms with van der Waals surface area (Å²) >= 11 is 0. The minimum atomic E-state index is -0.169. The monoisotopic (exact) mass is 247 g/mol. The highest BCUT2D eigenvalue weighted by Crippen LogP contribution is 2.18. The molecule has 0 saturated heterocycles. The third-order valence-electron chi connectivity index (χ3n) is 3.26. The van der Waals surface area contributed by atoms with E-state index in [1.807, 2.05) is 13.0 Å². The van der Waals surface area contributed by atoms with Crippen molar-refractivity contribution in [3.63, 3.8) is 0 Å². The van der Waals surface area contributed by atoms with Gasteiger partial charge in [-0.2, -0.15) is 0 Å². The van der Waals surface area contributed by atoms with Crippen LogP contribution in [0.15, 0.2) is 18.3 Å². The van der Waals surface area contributed by atoms with E-state index < -0.39 is 0 Å². The van der Waals surface area contributed by atoms with Gasteiger partial charge in [0.1, 0.15) is 0 Å². The lowest BCUT2D eigenvalue weighted by atomic mass is 10.1. The summed E-state index contributed by atoms with van der Waals surface area (Å²) in [5.41, 5.74) is 2.27. The van der Waals surface area contributed by atoms with Gasteiger partial charge in [0.25, 0.3) is 0 Å². The molecular formula is C14H21N3O. The van der Waals surface area contributed by atoms with Crippen molar-refractivity contribution >= 4 is 5.91 Å². The predicted molar refractivity (Wildman–Crippen MR) is 71.1 cm³/mol. The average molecular weight is 247 g/mol. The molecule has 1 aliphatic rings. The van der Waals surface area contributed by atoms with E-state index in [0.717, 1.165) is 25.0 Å². The van der Waals surface area contributed by atoms with Crippen LogP contribution < -0.4 is 10.6 Å². The summed E-state index contributed by atoms with van der Waals surface area (Å²) in [5, 5.41) is 6.23. The van der Waals surface area contributed by atoms with Crippen LogP contribution in [0.1, 0.15) is 37.9 Å². The summed E-state index contributed by atoms with van der Waals surface area (Å²) < 4.78 is 0. The molecule has 1 aliphatic carbocycles. The Morgan fingerprint density at radius 1 is 1.56 bits per heavy atom. The van der Waals surface area contributed by atoms with E-state index in [1.165, 1.54) is 5.56 Å². The van der Waals surface area contributed by atoms with Crippen LogP contribution in [0.2, 0.25) is 0 Å². The van der Waals surface area contributed by atoms with Crippen LogP contribution >= 0.6 is 0 Å². The van der Waals surface area contributed by atoms with Gasteiger partial charge >= 0.3 is 0 Å². The zero-order valence-corrected chi connectivity index (χ0v) is 11.1. The molecule has 0 aromatic carbocycles. The maximum atomic E-state index is 11.8. The van der Waals surface area contributed by atoms with Gasteiger partial charge in [0.15, 0.2) is 0 Å². The highest BCUT2D eigenvalue weighted by atomic mass is 16.2. The van der Waals surface area contributed by atoms with E-state index in [9.17, 15) is 4.79 Å². The molecule has 1 aromatic heterocycles. The third-order valence-corrected chi connectivity index (χ3v) is 3.26. The Labute approximate surface area is 108 Å². The van der Waals surface area contributed by atoms with Crippen molar-refractivity contribution in [2.75, 3.05) is 0 Å². The van der Waals surface area contributed by atoms with Gasteiger partial charge in [-0.1, -0.05) is 13.0 Å². The second kappa shape index (κ2) is 5.96. The smallest absolute Gasteiger partial charge is 0.237 e. The van der Waals surface area contributed by atoms with Gasteiger partial charge in [0.05, 0.1) is 11.7 Å². The number of rotatable bonds is 6. The van der Waals surface area contributed by atoms with Crippen molar-refractivity contribution in [2.45, 2.75) is 51.7 Å².